The average molecular weight is 367 g/mol. The fourth-order valence-electron chi connectivity index (χ4n) is 2.62. The molecule has 0 heterocycles. The van der Waals surface area contributed by atoms with Crippen LogP contribution in [0.25, 0.3) is 10.8 Å². The Labute approximate surface area is 150 Å². The van der Waals surface area contributed by atoms with Gasteiger partial charge in [0.1, 0.15) is 17.2 Å². The first-order valence-corrected chi connectivity index (χ1v) is 7.96. The van der Waals surface area contributed by atoms with E-state index in [2.05, 4.69) is 0 Å². The topological polar surface area (TPSA) is 71.1 Å². The molecular formula is C18H19ClO6. The predicted molar refractivity (Wildman–Crippen MR) is 94.1 cm³/mol. The minimum atomic E-state index is -0.536. The number of hydrogen-bond acceptors (Lipinski definition) is 6. The third kappa shape index (κ3) is 3.49. The fourth-order valence-corrected chi connectivity index (χ4v) is 2.89. The first-order chi connectivity index (χ1) is 11.8. The molecule has 0 radical (unpaired) electrons. The summed E-state index contributed by atoms with van der Waals surface area (Å²) < 4.78 is 21.2. The monoisotopic (exact) mass is 366 g/mol. The van der Waals surface area contributed by atoms with Gasteiger partial charge in [-0.05, 0) is 19.9 Å². The number of ether oxygens (including phenoxy) is 4. The number of methoxy groups -OCH3 is 2. The van der Waals surface area contributed by atoms with Crippen LogP contribution in [0.2, 0.25) is 5.02 Å². The number of fused-ring (bicyclic) bond motifs is 1. The summed E-state index contributed by atoms with van der Waals surface area (Å²) in [6, 6.07) is 3.19. The van der Waals surface area contributed by atoms with E-state index in [0.717, 1.165) is 0 Å². The Balaban J connectivity index is 2.98. The molecule has 2 rings (SSSR count). The second-order valence-electron chi connectivity index (χ2n) is 5.21. The maximum atomic E-state index is 12.3. The van der Waals surface area contributed by atoms with Crippen molar-refractivity contribution in [1.82, 2.24) is 0 Å². The Bertz CT molecular complexity index is 844. The van der Waals surface area contributed by atoms with Gasteiger partial charge in [0.25, 0.3) is 0 Å². The van der Waals surface area contributed by atoms with Crippen molar-refractivity contribution < 1.29 is 28.5 Å². The van der Waals surface area contributed by atoms with Gasteiger partial charge >= 0.3 is 11.9 Å². The summed E-state index contributed by atoms with van der Waals surface area (Å²) >= 11 is 6.26. The molecule has 7 heteroatoms. The predicted octanol–water partition coefficient (Wildman–Crippen LogP) is 3.92. The highest BCUT2D eigenvalue weighted by Gasteiger charge is 2.24. The van der Waals surface area contributed by atoms with Gasteiger partial charge in [0.2, 0.25) is 0 Å². The van der Waals surface area contributed by atoms with Crippen LogP contribution in [0.5, 0.6) is 17.2 Å². The molecule has 0 amide bonds. The number of hydrogen-bond donors (Lipinski definition) is 0. The van der Waals surface area contributed by atoms with E-state index in [0.29, 0.717) is 32.9 Å². The van der Waals surface area contributed by atoms with Crippen molar-refractivity contribution >= 4 is 34.3 Å². The lowest BCUT2D eigenvalue weighted by atomic mass is 9.98. The van der Waals surface area contributed by atoms with Crippen LogP contribution >= 0.6 is 11.6 Å². The summed E-state index contributed by atoms with van der Waals surface area (Å²) in [4.78, 5) is 23.9. The van der Waals surface area contributed by atoms with Crippen LogP contribution in [-0.4, -0.2) is 32.8 Å². The SMILES string of the molecule is CCOC(=O)c1cc2c(OC)cc(Cl)c(OC)c2c(OC(C)=O)c1C. The van der Waals surface area contributed by atoms with Gasteiger partial charge in [0.15, 0.2) is 0 Å². The van der Waals surface area contributed by atoms with E-state index in [-0.39, 0.29) is 17.9 Å². The molecule has 6 nitrogen and oxygen atoms in total. The Morgan fingerprint density at radius 2 is 1.80 bits per heavy atom. The number of carbonyl (C=O) groups excluding carboxylic acids is 2. The maximum Gasteiger partial charge on any atom is 0.338 e. The molecule has 0 fully saturated rings. The number of benzene rings is 2. The molecule has 0 saturated heterocycles. The lowest BCUT2D eigenvalue weighted by Crippen LogP contribution is -2.11. The van der Waals surface area contributed by atoms with Crippen molar-refractivity contribution in [2.45, 2.75) is 20.8 Å². The number of rotatable bonds is 5. The lowest BCUT2D eigenvalue weighted by Gasteiger charge is -2.18. The Hall–Kier alpha value is -2.47. The highest BCUT2D eigenvalue weighted by molar-refractivity contribution is 6.34. The van der Waals surface area contributed by atoms with E-state index in [1.807, 2.05) is 0 Å². The third-order valence-electron chi connectivity index (χ3n) is 3.66. The van der Waals surface area contributed by atoms with Crippen molar-refractivity contribution in [3.05, 3.63) is 28.3 Å². The molecule has 2 aromatic carbocycles. The summed E-state index contributed by atoms with van der Waals surface area (Å²) in [5.41, 5.74) is 0.719. The zero-order valence-electron chi connectivity index (χ0n) is 14.7. The molecule has 0 aliphatic rings. The molecule has 0 spiro atoms. The van der Waals surface area contributed by atoms with Gasteiger partial charge < -0.3 is 18.9 Å². The molecule has 0 atom stereocenters. The second-order valence-corrected chi connectivity index (χ2v) is 5.62. The molecular weight excluding hydrogens is 348 g/mol. The van der Waals surface area contributed by atoms with Crippen LogP contribution in [0.3, 0.4) is 0 Å². The zero-order chi connectivity index (χ0) is 18.7. The van der Waals surface area contributed by atoms with Crippen LogP contribution in [-0.2, 0) is 9.53 Å². The smallest absolute Gasteiger partial charge is 0.338 e. The first-order valence-electron chi connectivity index (χ1n) is 7.58. The number of esters is 2. The molecule has 0 saturated carbocycles. The molecule has 25 heavy (non-hydrogen) atoms. The minimum absolute atomic E-state index is 0.186. The van der Waals surface area contributed by atoms with Gasteiger partial charge in [-0.2, -0.15) is 0 Å². The highest BCUT2D eigenvalue weighted by Crippen LogP contribution is 2.46. The highest BCUT2D eigenvalue weighted by atomic mass is 35.5. The van der Waals surface area contributed by atoms with Crippen LogP contribution in [0, 0.1) is 6.92 Å². The summed E-state index contributed by atoms with van der Waals surface area (Å²) in [5.74, 6) is -0.129. The summed E-state index contributed by atoms with van der Waals surface area (Å²) in [6.45, 7) is 4.87. The first kappa shape index (κ1) is 18.9. The Kier molecular flexibility index (Phi) is 5.74. The molecule has 0 bridgehead atoms. The Morgan fingerprint density at radius 3 is 2.32 bits per heavy atom. The largest absolute Gasteiger partial charge is 0.496 e. The van der Waals surface area contributed by atoms with Crippen LogP contribution in [0.1, 0.15) is 29.8 Å². The molecule has 0 unspecified atom stereocenters. The van der Waals surface area contributed by atoms with E-state index in [1.165, 1.54) is 21.1 Å². The number of halogens is 1. The van der Waals surface area contributed by atoms with Crippen LogP contribution in [0.4, 0.5) is 0 Å². The van der Waals surface area contributed by atoms with Gasteiger partial charge in [-0.25, -0.2) is 4.79 Å². The molecule has 0 aromatic heterocycles. The second kappa shape index (κ2) is 7.61. The van der Waals surface area contributed by atoms with Crippen molar-refractivity contribution in [3.63, 3.8) is 0 Å². The van der Waals surface area contributed by atoms with Crippen LogP contribution in [0.15, 0.2) is 12.1 Å². The third-order valence-corrected chi connectivity index (χ3v) is 3.94. The van der Waals surface area contributed by atoms with Gasteiger partial charge in [-0.15, -0.1) is 0 Å². The van der Waals surface area contributed by atoms with E-state index < -0.39 is 11.9 Å². The summed E-state index contributed by atoms with van der Waals surface area (Å²) in [6.07, 6.45) is 0. The normalized spacial score (nSPS) is 10.5. The van der Waals surface area contributed by atoms with Crippen molar-refractivity contribution in [2.24, 2.45) is 0 Å². The van der Waals surface area contributed by atoms with E-state index >= 15 is 0 Å². The van der Waals surface area contributed by atoms with Crippen LogP contribution < -0.4 is 14.2 Å². The van der Waals surface area contributed by atoms with Gasteiger partial charge in [-0.3, -0.25) is 4.79 Å². The standard InChI is InChI=1S/C18H19ClO6/c1-6-24-18(21)11-7-12-14(22-4)8-13(19)17(23-5)15(12)16(9(11)2)25-10(3)20/h7-8H,6H2,1-5H3. The molecule has 134 valence electrons. The zero-order valence-corrected chi connectivity index (χ0v) is 15.4. The summed E-state index contributed by atoms with van der Waals surface area (Å²) in [5, 5.41) is 1.27. The van der Waals surface area contributed by atoms with E-state index in [1.54, 1.807) is 26.0 Å². The fraction of sp³-hybridized carbons (Fsp3) is 0.333. The van der Waals surface area contributed by atoms with E-state index in [9.17, 15) is 9.59 Å². The minimum Gasteiger partial charge on any atom is -0.496 e. The van der Waals surface area contributed by atoms with Gasteiger partial charge in [0.05, 0.1) is 36.8 Å². The maximum absolute atomic E-state index is 12.3. The quantitative estimate of drug-likeness (QED) is 0.590. The molecule has 0 N–H and O–H groups in total. The summed E-state index contributed by atoms with van der Waals surface area (Å²) in [7, 11) is 2.94. The lowest BCUT2D eigenvalue weighted by molar-refractivity contribution is -0.131. The molecule has 2 aromatic rings. The molecule has 0 aliphatic heterocycles. The van der Waals surface area contributed by atoms with E-state index in [4.69, 9.17) is 30.5 Å². The van der Waals surface area contributed by atoms with Crippen molar-refractivity contribution in [2.75, 3.05) is 20.8 Å². The molecule has 0 aliphatic carbocycles. The number of carbonyl (C=O) groups is 2. The average Bonchev–Trinajstić information content (AvgIpc) is 2.56. The Morgan fingerprint density at radius 1 is 1.12 bits per heavy atom. The van der Waals surface area contributed by atoms with Crippen molar-refractivity contribution in [3.8, 4) is 17.2 Å². The van der Waals surface area contributed by atoms with Crippen molar-refractivity contribution in [1.29, 1.82) is 0 Å². The van der Waals surface area contributed by atoms with Gasteiger partial charge in [0, 0.05) is 23.9 Å². The van der Waals surface area contributed by atoms with Gasteiger partial charge in [-0.1, -0.05) is 11.6 Å².